The smallest absolute Gasteiger partial charge is 0.315 e. The summed E-state index contributed by atoms with van der Waals surface area (Å²) in [6.45, 7) is 0. The number of fused-ring (bicyclic) bond motifs is 1. The third-order valence-corrected chi connectivity index (χ3v) is 6.27. The summed E-state index contributed by atoms with van der Waals surface area (Å²) in [5, 5.41) is 17.6. The van der Waals surface area contributed by atoms with E-state index >= 15 is 0 Å². The molecule has 1 aromatic carbocycles. The number of carboxylic acid groups (broad SMARTS) is 1. The number of carboxylic acids is 1. The lowest BCUT2D eigenvalue weighted by atomic mass is 10.0. The Morgan fingerprint density at radius 3 is 2.85 bits per heavy atom. The Morgan fingerprint density at radius 2 is 2.11 bits per heavy atom. The van der Waals surface area contributed by atoms with Gasteiger partial charge in [-0.05, 0) is 30.5 Å². The highest BCUT2D eigenvalue weighted by atomic mass is 32.2. The van der Waals surface area contributed by atoms with Crippen molar-refractivity contribution in [3.05, 3.63) is 29.6 Å². The van der Waals surface area contributed by atoms with Crippen LogP contribution in [-0.4, -0.2) is 46.1 Å². The lowest BCUT2D eigenvalue weighted by Crippen LogP contribution is -2.36. The van der Waals surface area contributed by atoms with Gasteiger partial charge in [0.05, 0.1) is 18.5 Å². The average Bonchev–Trinajstić information content (AvgIpc) is 3.13. The first-order valence-corrected chi connectivity index (χ1v) is 9.96. The number of aliphatic carboxylic acids is 1. The van der Waals surface area contributed by atoms with Crippen LogP contribution in [0.3, 0.4) is 0 Å². The highest BCUT2D eigenvalue weighted by Crippen LogP contribution is 2.33. The van der Waals surface area contributed by atoms with Crippen molar-refractivity contribution >= 4 is 35.4 Å². The molecule has 0 radical (unpaired) electrons. The van der Waals surface area contributed by atoms with Crippen molar-refractivity contribution in [3.8, 4) is 0 Å². The number of amides is 3. The third-order valence-electron chi connectivity index (χ3n) is 4.76. The van der Waals surface area contributed by atoms with Gasteiger partial charge in [0.15, 0.2) is 0 Å². The van der Waals surface area contributed by atoms with Gasteiger partial charge in [-0.2, -0.15) is 11.8 Å². The quantitative estimate of drug-likeness (QED) is 0.398. The molecule has 3 atom stereocenters. The zero-order valence-electron chi connectivity index (χ0n) is 14.7. The molecule has 0 aromatic heterocycles. The standard InChI is InChI=1S/C18H22FN3O4S/c19-12-8-11(6-5-10(12)7-16(24)25)20-15(23)4-2-1-3-14-17-13(9-27-14)21-18(26)22-17/h5-6,8,13-14,17H,1-4,7,9H2,(H,20,23)(H,24,25)(H2,21,22,26)/t13-,14-,17-/m0/s1. The maximum Gasteiger partial charge on any atom is 0.315 e. The summed E-state index contributed by atoms with van der Waals surface area (Å²) in [5.41, 5.74) is 0.405. The molecule has 2 saturated heterocycles. The van der Waals surface area contributed by atoms with Gasteiger partial charge in [0.2, 0.25) is 5.91 Å². The minimum Gasteiger partial charge on any atom is -0.481 e. The van der Waals surface area contributed by atoms with Gasteiger partial charge in [-0.15, -0.1) is 0 Å². The van der Waals surface area contributed by atoms with E-state index in [1.165, 1.54) is 12.1 Å². The fourth-order valence-corrected chi connectivity index (χ4v) is 4.97. The number of unbranched alkanes of at least 4 members (excludes halogenated alkanes) is 1. The first-order chi connectivity index (χ1) is 12.9. The fourth-order valence-electron chi connectivity index (χ4n) is 3.43. The van der Waals surface area contributed by atoms with E-state index in [2.05, 4.69) is 16.0 Å². The highest BCUT2D eigenvalue weighted by molar-refractivity contribution is 8.00. The lowest BCUT2D eigenvalue weighted by molar-refractivity contribution is -0.136. The van der Waals surface area contributed by atoms with Gasteiger partial charge < -0.3 is 21.1 Å². The summed E-state index contributed by atoms with van der Waals surface area (Å²) in [5.74, 6) is -1.04. The van der Waals surface area contributed by atoms with E-state index in [-0.39, 0.29) is 29.6 Å². The van der Waals surface area contributed by atoms with E-state index in [0.29, 0.717) is 23.8 Å². The molecule has 0 aliphatic carbocycles. The van der Waals surface area contributed by atoms with Gasteiger partial charge >= 0.3 is 12.0 Å². The SMILES string of the molecule is O=C(O)Cc1ccc(NC(=O)CCCC[C@@H]2SC[C@@H]3NC(=O)N[C@@H]32)cc1F. The van der Waals surface area contributed by atoms with E-state index in [9.17, 15) is 18.8 Å². The van der Waals surface area contributed by atoms with Crippen molar-refractivity contribution in [3.63, 3.8) is 0 Å². The van der Waals surface area contributed by atoms with Crippen LogP contribution in [0.1, 0.15) is 31.2 Å². The second-order valence-corrected chi connectivity index (χ2v) is 8.06. The number of rotatable bonds is 8. The summed E-state index contributed by atoms with van der Waals surface area (Å²) < 4.78 is 13.8. The number of hydrogen-bond donors (Lipinski definition) is 4. The summed E-state index contributed by atoms with van der Waals surface area (Å²) in [4.78, 5) is 34.0. The van der Waals surface area contributed by atoms with E-state index in [0.717, 1.165) is 24.7 Å². The number of thioether (sulfide) groups is 1. The molecule has 0 spiro atoms. The first-order valence-electron chi connectivity index (χ1n) is 8.91. The van der Waals surface area contributed by atoms with E-state index in [1.54, 1.807) is 0 Å². The molecule has 27 heavy (non-hydrogen) atoms. The Labute approximate surface area is 160 Å². The van der Waals surface area contributed by atoms with Crippen molar-refractivity contribution < 1.29 is 23.9 Å². The molecule has 4 N–H and O–H groups in total. The predicted octanol–water partition coefficient (Wildman–Crippen LogP) is 2.12. The van der Waals surface area contributed by atoms with Gasteiger partial charge in [0.1, 0.15) is 5.82 Å². The molecule has 0 saturated carbocycles. The molecule has 2 aliphatic rings. The number of carbonyl (C=O) groups excluding carboxylic acids is 2. The van der Waals surface area contributed by atoms with Crippen LogP contribution in [0.2, 0.25) is 0 Å². The fraction of sp³-hybridized carbons (Fsp3) is 0.500. The van der Waals surface area contributed by atoms with Crippen LogP contribution in [-0.2, 0) is 16.0 Å². The molecule has 9 heteroatoms. The lowest BCUT2D eigenvalue weighted by Gasteiger charge is -2.16. The molecule has 2 heterocycles. The number of anilines is 1. The van der Waals surface area contributed by atoms with E-state index in [4.69, 9.17) is 5.11 Å². The van der Waals surface area contributed by atoms with Gasteiger partial charge in [0, 0.05) is 23.1 Å². The maximum atomic E-state index is 13.8. The van der Waals surface area contributed by atoms with Crippen molar-refractivity contribution in [1.29, 1.82) is 0 Å². The molecule has 2 aliphatic heterocycles. The molecule has 0 unspecified atom stereocenters. The molecule has 3 amide bonds. The van der Waals surface area contributed by atoms with Gasteiger partial charge in [-0.25, -0.2) is 9.18 Å². The van der Waals surface area contributed by atoms with Gasteiger partial charge in [-0.1, -0.05) is 12.5 Å². The zero-order valence-corrected chi connectivity index (χ0v) is 15.5. The Morgan fingerprint density at radius 1 is 1.30 bits per heavy atom. The molecule has 146 valence electrons. The number of urea groups is 1. The molecule has 3 rings (SSSR count). The van der Waals surface area contributed by atoms with Crippen molar-refractivity contribution in [2.45, 2.75) is 49.4 Å². The Hall–Kier alpha value is -2.29. The number of halogens is 1. The molecule has 2 fully saturated rings. The summed E-state index contributed by atoms with van der Waals surface area (Å²) in [6, 6.07) is 4.29. The predicted molar refractivity (Wildman–Crippen MR) is 100 cm³/mol. The van der Waals surface area contributed by atoms with Crippen LogP contribution in [0.5, 0.6) is 0 Å². The first kappa shape index (κ1) is 19.5. The van der Waals surface area contributed by atoms with Crippen LogP contribution >= 0.6 is 11.8 Å². The number of carbonyl (C=O) groups is 3. The topological polar surface area (TPSA) is 108 Å². The Balaban J connectivity index is 1.38. The van der Waals surface area contributed by atoms with E-state index < -0.39 is 18.2 Å². The van der Waals surface area contributed by atoms with Gasteiger partial charge in [-0.3, -0.25) is 9.59 Å². The maximum absolute atomic E-state index is 13.8. The molecular formula is C18H22FN3O4S. The zero-order chi connectivity index (χ0) is 19.4. The second kappa shape index (κ2) is 8.60. The largest absolute Gasteiger partial charge is 0.481 e. The summed E-state index contributed by atoms with van der Waals surface area (Å²) in [6.07, 6.45) is 2.45. The van der Waals surface area contributed by atoms with Crippen LogP contribution in [0.4, 0.5) is 14.9 Å². The third kappa shape index (κ3) is 5.12. The van der Waals surface area contributed by atoms with Gasteiger partial charge in [0.25, 0.3) is 0 Å². The molecule has 7 nitrogen and oxygen atoms in total. The van der Waals surface area contributed by atoms with Crippen LogP contribution in [0.15, 0.2) is 18.2 Å². The summed E-state index contributed by atoms with van der Waals surface area (Å²) >= 11 is 1.84. The minimum absolute atomic E-state index is 0.0846. The average molecular weight is 395 g/mol. The number of nitrogens with one attached hydrogen (secondary N) is 3. The van der Waals surface area contributed by atoms with Crippen molar-refractivity contribution in [1.82, 2.24) is 10.6 Å². The minimum atomic E-state index is -1.11. The molecule has 0 bridgehead atoms. The Kier molecular flexibility index (Phi) is 6.20. The normalized spacial score (nSPS) is 23.4. The Bertz CT molecular complexity index is 745. The molecule has 1 aromatic rings. The summed E-state index contributed by atoms with van der Waals surface area (Å²) in [7, 11) is 0. The van der Waals surface area contributed by atoms with Crippen LogP contribution < -0.4 is 16.0 Å². The number of hydrogen-bond acceptors (Lipinski definition) is 4. The number of benzene rings is 1. The monoisotopic (exact) mass is 395 g/mol. The van der Waals surface area contributed by atoms with Crippen LogP contribution in [0, 0.1) is 5.82 Å². The van der Waals surface area contributed by atoms with Crippen molar-refractivity contribution in [2.24, 2.45) is 0 Å². The second-order valence-electron chi connectivity index (χ2n) is 6.79. The van der Waals surface area contributed by atoms with Crippen LogP contribution in [0.25, 0.3) is 0 Å². The van der Waals surface area contributed by atoms with Crippen molar-refractivity contribution in [2.75, 3.05) is 11.1 Å². The highest BCUT2D eigenvalue weighted by Gasteiger charge is 2.42. The van der Waals surface area contributed by atoms with E-state index in [1.807, 2.05) is 11.8 Å². The molecular weight excluding hydrogens is 373 g/mol.